The maximum Gasteiger partial charge on any atom is 0.240 e. The molecule has 136 valence electrons. The summed E-state index contributed by atoms with van der Waals surface area (Å²) in [4.78, 5) is 37.8. The number of carbonyl (C=O) groups is 3. The highest BCUT2D eigenvalue weighted by Gasteiger charge is 2.48. The molecular formula is C18H24N2O5. The first kappa shape index (κ1) is 17.7. The van der Waals surface area contributed by atoms with Crippen LogP contribution in [-0.4, -0.2) is 42.3 Å². The number of furan rings is 1. The average molecular weight is 348 g/mol. The zero-order chi connectivity index (χ0) is 17.6. The van der Waals surface area contributed by atoms with Crippen LogP contribution in [0.3, 0.4) is 0 Å². The van der Waals surface area contributed by atoms with Crippen molar-refractivity contribution in [2.24, 2.45) is 11.8 Å². The predicted octanol–water partition coefficient (Wildman–Crippen LogP) is 1.48. The monoisotopic (exact) mass is 348 g/mol. The molecule has 25 heavy (non-hydrogen) atoms. The third-order valence-corrected chi connectivity index (χ3v) is 4.85. The second-order valence-corrected chi connectivity index (χ2v) is 6.60. The molecule has 0 bridgehead atoms. The Hall–Kier alpha value is -2.15. The minimum Gasteiger partial charge on any atom is -0.467 e. The molecule has 1 N–H and O–H groups in total. The fourth-order valence-corrected chi connectivity index (χ4v) is 3.56. The van der Waals surface area contributed by atoms with E-state index in [1.807, 2.05) is 6.07 Å². The molecule has 2 fully saturated rings. The van der Waals surface area contributed by atoms with Gasteiger partial charge in [0, 0.05) is 13.2 Å². The van der Waals surface area contributed by atoms with E-state index in [4.69, 9.17) is 9.15 Å². The van der Waals surface area contributed by atoms with Crippen LogP contribution in [0.1, 0.15) is 37.9 Å². The summed E-state index contributed by atoms with van der Waals surface area (Å²) in [5.41, 5.74) is 0. The Bertz CT molecular complexity index is 589. The van der Waals surface area contributed by atoms with E-state index in [2.05, 4.69) is 5.32 Å². The zero-order valence-corrected chi connectivity index (χ0v) is 14.2. The van der Waals surface area contributed by atoms with Crippen molar-refractivity contribution < 1.29 is 23.5 Å². The maximum atomic E-state index is 12.3. The van der Waals surface area contributed by atoms with Crippen molar-refractivity contribution in [1.29, 1.82) is 0 Å². The fourth-order valence-electron chi connectivity index (χ4n) is 3.56. The summed E-state index contributed by atoms with van der Waals surface area (Å²) in [6.45, 7) is 1.17. The van der Waals surface area contributed by atoms with Gasteiger partial charge in [-0.15, -0.1) is 0 Å². The number of nitrogens with zero attached hydrogens (tertiary/aromatic N) is 1. The lowest BCUT2D eigenvalue weighted by Crippen LogP contribution is -2.41. The number of ether oxygens (including phenoxy) is 1. The first-order chi connectivity index (χ1) is 12.2. The standard InChI is InChI=1S/C18H24N2O5/c21-16(19-8-4-9-24-12-13-5-3-10-25-13)11-20-17(22)14-6-1-2-7-15(14)18(20)23/h3,5,10,14-15H,1-2,4,6-9,11-12H2,(H,19,21)/t14-,15+. The van der Waals surface area contributed by atoms with Crippen molar-refractivity contribution in [3.8, 4) is 0 Å². The quantitative estimate of drug-likeness (QED) is 0.568. The Morgan fingerprint density at radius 1 is 1.24 bits per heavy atom. The first-order valence-corrected chi connectivity index (χ1v) is 8.89. The van der Waals surface area contributed by atoms with E-state index in [-0.39, 0.29) is 36.1 Å². The van der Waals surface area contributed by atoms with E-state index in [1.54, 1.807) is 12.3 Å². The number of amides is 3. The van der Waals surface area contributed by atoms with Crippen molar-refractivity contribution >= 4 is 17.7 Å². The molecule has 2 atom stereocenters. The normalized spacial score (nSPS) is 23.0. The highest BCUT2D eigenvalue weighted by Crippen LogP contribution is 2.37. The molecule has 1 aliphatic carbocycles. The van der Waals surface area contributed by atoms with Crippen LogP contribution in [0.5, 0.6) is 0 Å². The molecule has 0 radical (unpaired) electrons. The molecule has 3 rings (SSSR count). The molecule has 1 aliphatic heterocycles. The summed E-state index contributed by atoms with van der Waals surface area (Å²) >= 11 is 0. The van der Waals surface area contributed by atoms with Crippen molar-refractivity contribution in [2.45, 2.75) is 38.7 Å². The van der Waals surface area contributed by atoms with Gasteiger partial charge >= 0.3 is 0 Å². The summed E-state index contributed by atoms with van der Waals surface area (Å²) in [6.07, 6.45) is 5.74. The molecular weight excluding hydrogens is 324 g/mol. The molecule has 1 saturated heterocycles. The van der Waals surface area contributed by atoms with E-state index in [0.717, 1.165) is 36.3 Å². The van der Waals surface area contributed by atoms with Gasteiger partial charge in [0.2, 0.25) is 17.7 Å². The lowest BCUT2D eigenvalue weighted by atomic mass is 9.81. The second kappa shape index (κ2) is 8.29. The van der Waals surface area contributed by atoms with Gasteiger partial charge in [-0.05, 0) is 31.4 Å². The number of imide groups is 1. The Labute approximate surface area is 146 Å². The van der Waals surface area contributed by atoms with Crippen LogP contribution in [0.4, 0.5) is 0 Å². The predicted molar refractivity (Wildman–Crippen MR) is 88.2 cm³/mol. The van der Waals surface area contributed by atoms with E-state index < -0.39 is 0 Å². The van der Waals surface area contributed by atoms with Gasteiger partial charge in [-0.2, -0.15) is 0 Å². The molecule has 2 aliphatic rings. The molecule has 7 heteroatoms. The number of fused-ring (bicyclic) bond motifs is 1. The van der Waals surface area contributed by atoms with Gasteiger partial charge in [-0.25, -0.2) is 0 Å². The molecule has 0 unspecified atom stereocenters. The Balaban J connectivity index is 1.33. The van der Waals surface area contributed by atoms with Crippen LogP contribution < -0.4 is 5.32 Å². The van der Waals surface area contributed by atoms with Gasteiger partial charge < -0.3 is 14.5 Å². The number of hydrogen-bond donors (Lipinski definition) is 1. The molecule has 1 saturated carbocycles. The number of nitrogens with one attached hydrogen (secondary N) is 1. The summed E-state index contributed by atoms with van der Waals surface area (Å²) in [5, 5.41) is 2.74. The number of carbonyl (C=O) groups excluding carboxylic acids is 3. The van der Waals surface area contributed by atoms with Gasteiger partial charge in [-0.1, -0.05) is 12.8 Å². The second-order valence-electron chi connectivity index (χ2n) is 6.60. The van der Waals surface area contributed by atoms with Crippen LogP contribution in [0.15, 0.2) is 22.8 Å². The molecule has 2 heterocycles. The first-order valence-electron chi connectivity index (χ1n) is 8.89. The van der Waals surface area contributed by atoms with Gasteiger partial charge in [-0.3, -0.25) is 19.3 Å². The fraction of sp³-hybridized carbons (Fsp3) is 0.611. The highest BCUT2D eigenvalue weighted by atomic mass is 16.5. The van der Waals surface area contributed by atoms with Crippen LogP contribution in [-0.2, 0) is 25.7 Å². The number of hydrogen-bond acceptors (Lipinski definition) is 5. The summed E-state index contributed by atoms with van der Waals surface area (Å²) in [6, 6.07) is 3.64. The summed E-state index contributed by atoms with van der Waals surface area (Å²) < 4.78 is 10.6. The Kier molecular flexibility index (Phi) is 5.86. The van der Waals surface area contributed by atoms with Gasteiger partial charge in [0.25, 0.3) is 0 Å². The number of likely N-dealkylation sites (tertiary alicyclic amines) is 1. The van der Waals surface area contributed by atoms with Gasteiger partial charge in [0.05, 0.1) is 18.1 Å². The number of rotatable bonds is 8. The summed E-state index contributed by atoms with van der Waals surface area (Å²) in [5.74, 6) is -0.297. The van der Waals surface area contributed by atoms with Gasteiger partial charge in [0.15, 0.2) is 0 Å². The lowest BCUT2D eigenvalue weighted by Gasteiger charge is -2.19. The van der Waals surface area contributed by atoms with E-state index in [0.29, 0.717) is 26.2 Å². The lowest BCUT2D eigenvalue weighted by molar-refractivity contribution is -0.143. The third kappa shape index (κ3) is 4.28. The molecule has 1 aromatic rings. The average Bonchev–Trinajstić information content (AvgIpc) is 3.22. The molecule has 7 nitrogen and oxygen atoms in total. The SMILES string of the molecule is O=C(CN1C(=O)[C@H]2CCCC[C@H]2C1=O)NCCCOCc1ccco1. The van der Waals surface area contributed by atoms with E-state index in [9.17, 15) is 14.4 Å². The van der Waals surface area contributed by atoms with E-state index >= 15 is 0 Å². The minimum absolute atomic E-state index is 0.169. The highest BCUT2D eigenvalue weighted by molar-refractivity contribution is 6.07. The Morgan fingerprint density at radius 3 is 2.60 bits per heavy atom. The van der Waals surface area contributed by atoms with Crippen LogP contribution in [0.25, 0.3) is 0 Å². The zero-order valence-electron chi connectivity index (χ0n) is 14.2. The third-order valence-electron chi connectivity index (χ3n) is 4.85. The topological polar surface area (TPSA) is 88.9 Å². The van der Waals surface area contributed by atoms with Crippen molar-refractivity contribution in [1.82, 2.24) is 10.2 Å². The van der Waals surface area contributed by atoms with Crippen molar-refractivity contribution in [3.05, 3.63) is 24.2 Å². The smallest absolute Gasteiger partial charge is 0.240 e. The van der Waals surface area contributed by atoms with Crippen LogP contribution in [0.2, 0.25) is 0 Å². The molecule has 1 aromatic heterocycles. The van der Waals surface area contributed by atoms with Crippen molar-refractivity contribution in [2.75, 3.05) is 19.7 Å². The molecule has 3 amide bonds. The van der Waals surface area contributed by atoms with Crippen molar-refractivity contribution in [3.63, 3.8) is 0 Å². The van der Waals surface area contributed by atoms with Crippen LogP contribution >= 0.6 is 0 Å². The summed E-state index contributed by atoms with van der Waals surface area (Å²) in [7, 11) is 0. The van der Waals surface area contributed by atoms with Crippen LogP contribution in [0, 0.1) is 11.8 Å². The Morgan fingerprint density at radius 2 is 1.96 bits per heavy atom. The largest absolute Gasteiger partial charge is 0.467 e. The minimum atomic E-state index is -0.300. The van der Waals surface area contributed by atoms with Gasteiger partial charge in [0.1, 0.15) is 18.9 Å². The molecule has 0 spiro atoms. The van der Waals surface area contributed by atoms with E-state index in [1.165, 1.54) is 0 Å². The maximum absolute atomic E-state index is 12.3. The molecule has 0 aromatic carbocycles.